The normalized spacial score (nSPS) is 15.9. The predicted molar refractivity (Wildman–Crippen MR) is 111 cm³/mol. The van der Waals surface area contributed by atoms with Gasteiger partial charge in [-0.25, -0.2) is 19.3 Å². The first-order chi connectivity index (χ1) is 14.7. The molecule has 3 aromatic rings. The van der Waals surface area contributed by atoms with Crippen LogP contribution in [-0.2, 0) is 4.74 Å². The summed E-state index contributed by atoms with van der Waals surface area (Å²) in [5, 5.41) is 18.7. The zero-order valence-corrected chi connectivity index (χ0v) is 16.1. The average molecular weight is 405 g/mol. The molecule has 1 fully saturated rings. The lowest BCUT2D eigenvalue weighted by Gasteiger charge is -2.25. The number of nitrogens with one attached hydrogen (secondary N) is 3. The SMILES string of the molecule is N#Cc1cnc(Nc2cc(NC[C@@H]3CNCCO3)c(-c3ccc(F)cc3)cn2)cn1. The largest absolute Gasteiger partial charge is 0.382 e. The van der Waals surface area contributed by atoms with Gasteiger partial charge in [0.15, 0.2) is 5.69 Å². The third-order valence-electron chi connectivity index (χ3n) is 4.61. The molecule has 1 atom stereocenters. The van der Waals surface area contributed by atoms with Crippen LogP contribution in [0.1, 0.15) is 5.69 Å². The van der Waals surface area contributed by atoms with Crippen LogP contribution in [0.3, 0.4) is 0 Å². The van der Waals surface area contributed by atoms with Crippen molar-refractivity contribution in [1.29, 1.82) is 5.26 Å². The number of hydrogen-bond acceptors (Lipinski definition) is 8. The Morgan fingerprint density at radius 1 is 1.13 bits per heavy atom. The summed E-state index contributed by atoms with van der Waals surface area (Å²) in [6.45, 7) is 2.92. The molecule has 8 nitrogen and oxygen atoms in total. The van der Waals surface area contributed by atoms with Gasteiger partial charge in [-0.2, -0.15) is 5.26 Å². The van der Waals surface area contributed by atoms with Crippen LogP contribution in [0.25, 0.3) is 11.1 Å². The number of anilines is 3. The molecule has 0 unspecified atom stereocenters. The quantitative estimate of drug-likeness (QED) is 0.575. The van der Waals surface area contributed by atoms with Crippen LogP contribution in [0, 0.1) is 17.1 Å². The number of nitrogens with zero attached hydrogens (tertiary/aromatic N) is 4. The maximum atomic E-state index is 13.4. The number of halogens is 1. The number of benzene rings is 1. The summed E-state index contributed by atoms with van der Waals surface area (Å²) in [7, 11) is 0. The lowest BCUT2D eigenvalue weighted by molar-refractivity contribution is 0.0372. The Morgan fingerprint density at radius 3 is 2.67 bits per heavy atom. The van der Waals surface area contributed by atoms with Crippen LogP contribution in [-0.4, -0.2) is 47.3 Å². The first-order valence-electron chi connectivity index (χ1n) is 9.52. The molecule has 152 valence electrons. The molecule has 1 aliphatic rings. The van der Waals surface area contributed by atoms with Crippen molar-refractivity contribution in [2.24, 2.45) is 0 Å². The van der Waals surface area contributed by atoms with Gasteiger partial charge in [-0.3, -0.25) is 0 Å². The van der Waals surface area contributed by atoms with Crippen LogP contribution in [0.15, 0.2) is 48.9 Å². The van der Waals surface area contributed by atoms with Gasteiger partial charge in [-0.15, -0.1) is 0 Å². The summed E-state index contributed by atoms with van der Waals surface area (Å²) in [5.41, 5.74) is 2.76. The molecule has 1 aromatic carbocycles. The fourth-order valence-corrected chi connectivity index (χ4v) is 3.09. The summed E-state index contributed by atoms with van der Waals surface area (Å²) in [6.07, 6.45) is 4.63. The van der Waals surface area contributed by atoms with E-state index in [1.807, 2.05) is 12.1 Å². The number of aromatic nitrogens is 3. The summed E-state index contributed by atoms with van der Waals surface area (Å²) in [5.74, 6) is 0.743. The van der Waals surface area contributed by atoms with Crippen molar-refractivity contribution in [2.75, 3.05) is 36.9 Å². The molecule has 30 heavy (non-hydrogen) atoms. The van der Waals surface area contributed by atoms with E-state index in [0.717, 1.165) is 29.9 Å². The van der Waals surface area contributed by atoms with Gasteiger partial charge in [0.2, 0.25) is 0 Å². The van der Waals surface area contributed by atoms with Crippen molar-refractivity contribution in [3.05, 3.63) is 60.4 Å². The van der Waals surface area contributed by atoms with Gasteiger partial charge in [0.25, 0.3) is 0 Å². The highest BCUT2D eigenvalue weighted by atomic mass is 19.1. The molecule has 0 saturated carbocycles. The maximum absolute atomic E-state index is 13.4. The third-order valence-corrected chi connectivity index (χ3v) is 4.61. The van der Waals surface area contributed by atoms with E-state index in [-0.39, 0.29) is 17.6 Å². The highest BCUT2D eigenvalue weighted by molar-refractivity contribution is 5.79. The molecule has 1 aliphatic heterocycles. The second kappa shape index (κ2) is 9.26. The van der Waals surface area contributed by atoms with Crippen LogP contribution in [0.5, 0.6) is 0 Å². The van der Waals surface area contributed by atoms with Gasteiger partial charge < -0.3 is 20.7 Å². The Hall–Kier alpha value is -3.61. The van der Waals surface area contributed by atoms with Gasteiger partial charge in [0.1, 0.15) is 23.5 Å². The van der Waals surface area contributed by atoms with E-state index in [2.05, 4.69) is 30.9 Å². The zero-order valence-electron chi connectivity index (χ0n) is 16.1. The molecule has 3 heterocycles. The second-order valence-electron chi connectivity index (χ2n) is 6.72. The lowest BCUT2D eigenvalue weighted by Crippen LogP contribution is -2.42. The number of hydrogen-bond donors (Lipinski definition) is 3. The van der Waals surface area contributed by atoms with Gasteiger partial charge in [0.05, 0.1) is 25.1 Å². The topological polar surface area (TPSA) is 108 Å². The van der Waals surface area contributed by atoms with Crippen molar-refractivity contribution < 1.29 is 9.13 Å². The number of ether oxygens (including phenoxy) is 1. The van der Waals surface area contributed by atoms with Crippen molar-refractivity contribution in [2.45, 2.75) is 6.10 Å². The standard InChI is InChI=1S/C21H20FN7O/c22-15-3-1-14(2-4-15)18-12-28-20(29-21-13-25-16(8-23)9-27-21)7-19(18)26-11-17-10-24-5-6-30-17/h1-4,7,9,12-13,17,24H,5-6,10-11H2,(H2,26,27,28,29)/t17-/m0/s1. The number of morpholine rings is 1. The summed E-state index contributed by atoms with van der Waals surface area (Å²) in [4.78, 5) is 12.6. The van der Waals surface area contributed by atoms with Crippen molar-refractivity contribution in [1.82, 2.24) is 20.3 Å². The Morgan fingerprint density at radius 2 is 1.97 bits per heavy atom. The molecular formula is C21H20FN7O. The molecule has 2 aromatic heterocycles. The van der Waals surface area contributed by atoms with Crippen molar-refractivity contribution in [3.63, 3.8) is 0 Å². The van der Waals surface area contributed by atoms with Gasteiger partial charge in [0, 0.05) is 43.1 Å². The molecule has 0 amide bonds. The van der Waals surface area contributed by atoms with Crippen molar-refractivity contribution >= 4 is 17.3 Å². The fourth-order valence-electron chi connectivity index (χ4n) is 3.09. The fraction of sp³-hybridized carbons (Fsp3) is 0.238. The molecule has 9 heteroatoms. The molecule has 0 aliphatic carbocycles. The maximum Gasteiger partial charge on any atom is 0.158 e. The number of rotatable bonds is 6. The van der Waals surface area contributed by atoms with E-state index in [1.54, 1.807) is 18.3 Å². The van der Waals surface area contributed by atoms with Gasteiger partial charge in [-0.1, -0.05) is 12.1 Å². The Bertz CT molecular complexity index is 1030. The monoisotopic (exact) mass is 405 g/mol. The Labute approximate surface area is 173 Å². The summed E-state index contributed by atoms with van der Waals surface area (Å²) < 4.78 is 19.1. The van der Waals surface area contributed by atoms with E-state index >= 15 is 0 Å². The molecule has 4 rings (SSSR count). The van der Waals surface area contributed by atoms with Crippen molar-refractivity contribution in [3.8, 4) is 17.2 Å². The minimum atomic E-state index is -0.291. The van der Waals surface area contributed by atoms with Crippen LogP contribution < -0.4 is 16.0 Å². The average Bonchev–Trinajstić information content (AvgIpc) is 2.80. The summed E-state index contributed by atoms with van der Waals surface area (Å²) in [6, 6.07) is 10.1. The lowest BCUT2D eigenvalue weighted by atomic mass is 10.1. The molecular weight excluding hydrogens is 385 g/mol. The number of pyridine rings is 1. The summed E-state index contributed by atoms with van der Waals surface area (Å²) >= 11 is 0. The van der Waals surface area contributed by atoms with E-state index in [9.17, 15) is 4.39 Å². The Balaban J connectivity index is 1.58. The molecule has 0 spiro atoms. The molecule has 3 N–H and O–H groups in total. The molecule has 1 saturated heterocycles. The third kappa shape index (κ3) is 4.86. The van der Waals surface area contributed by atoms with Crippen LogP contribution in [0.2, 0.25) is 0 Å². The van der Waals surface area contributed by atoms with Crippen LogP contribution >= 0.6 is 0 Å². The van der Waals surface area contributed by atoms with E-state index < -0.39 is 0 Å². The van der Waals surface area contributed by atoms with E-state index in [4.69, 9.17) is 10.00 Å². The first-order valence-corrected chi connectivity index (χ1v) is 9.52. The highest BCUT2D eigenvalue weighted by Gasteiger charge is 2.15. The number of nitriles is 1. The molecule has 0 bridgehead atoms. The minimum Gasteiger partial charge on any atom is -0.382 e. The van der Waals surface area contributed by atoms with Gasteiger partial charge in [-0.05, 0) is 17.7 Å². The highest BCUT2D eigenvalue weighted by Crippen LogP contribution is 2.30. The predicted octanol–water partition coefficient (Wildman–Crippen LogP) is 2.69. The second-order valence-corrected chi connectivity index (χ2v) is 6.72. The minimum absolute atomic E-state index is 0.0498. The molecule has 0 radical (unpaired) electrons. The van der Waals surface area contributed by atoms with E-state index in [0.29, 0.717) is 24.8 Å². The van der Waals surface area contributed by atoms with Crippen LogP contribution in [0.4, 0.5) is 21.7 Å². The zero-order chi connectivity index (χ0) is 20.8. The first kappa shape index (κ1) is 19.7. The van der Waals surface area contributed by atoms with E-state index in [1.165, 1.54) is 24.5 Å². The smallest absolute Gasteiger partial charge is 0.158 e. The Kier molecular flexibility index (Phi) is 6.08. The van der Waals surface area contributed by atoms with Gasteiger partial charge >= 0.3 is 0 Å².